The summed E-state index contributed by atoms with van der Waals surface area (Å²) in [5.74, 6) is -1.63. The molecule has 1 rings (SSSR count). The van der Waals surface area contributed by atoms with E-state index in [-0.39, 0.29) is 12.0 Å². The summed E-state index contributed by atoms with van der Waals surface area (Å²) in [5, 5.41) is 8.29. The molecule has 0 aromatic carbocycles. The first-order valence-corrected chi connectivity index (χ1v) is 3.58. The van der Waals surface area contributed by atoms with Crippen LogP contribution in [0.15, 0.2) is 12.4 Å². The van der Waals surface area contributed by atoms with E-state index in [9.17, 15) is 8.78 Å². The first-order valence-electron chi connectivity index (χ1n) is 3.58. The van der Waals surface area contributed by atoms with E-state index in [1.807, 2.05) is 0 Å². The first-order chi connectivity index (χ1) is 6.16. The summed E-state index contributed by atoms with van der Waals surface area (Å²) in [4.78, 5) is 3.30. The van der Waals surface area contributed by atoms with Crippen LogP contribution in [0.25, 0.3) is 0 Å². The van der Waals surface area contributed by atoms with Crippen LogP contribution in [0.4, 0.5) is 8.78 Å². The Kier molecular flexibility index (Phi) is 2.88. The topological polar surface area (TPSA) is 62.7 Å². The zero-order valence-electron chi connectivity index (χ0n) is 6.67. The molecule has 5 heteroatoms. The van der Waals surface area contributed by atoms with Crippen molar-refractivity contribution in [1.82, 2.24) is 4.98 Å². The van der Waals surface area contributed by atoms with Crippen LogP contribution >= 0.6 is 0 Å². The number of halogens is 2. The number of nitriles is 1. The fourth-order valence-corrected chi connectivity index (χ4v) is 0.976. The maximum atomic E-state index is 12.9. The van der Waals surface area contributed by atoms with Crippen molar-refractivity contribution in [2.24, 2.45) is 5.73 Å². The number of pyridine rings is 1. The molecule has 1 atom stereocenters. The van der Waals surface area contributed by atoms with Crippen LogP contribution in [0, 0.1) is 23.0 Å². The van der Waals surface area contributed by atoms with Crippen molar-refractivity contribution >= 4 is 0 Å². The van der Waals surface area contributed by atoms with E-state index in [1.165, 1.54) is 0 Å². The number of nitrogens with two attached hydrogens (primary N) is 1. The van der Waals surface area contributed by atoms with Crippen molar-refractivity contribution in [1.29, 1.82) is 5.26 Å². The van der Waals surface area contributed by atoms with E-state index in [2.05, 4.69) is 4.98 Å². The minimum Gasteiger partial charge on any atom is -0.323 e. The maximum absolute atomic E-state index is 12.9. The first kappa shape index (κ1) is 9.55. The maximum Gasteiger partial charge on any atom is 0.149 e. The second-order valence-corrected chi connectivity index (χ2v) is 2.49. The predicted octanol–water partition coefficient (Wildman–Crippen LogP) is 1.27. The summed E-state index contributed by atoms with van der Waals surface area (Å²) in [6, 6.07) is 0.805. The Morgan fingerprint density at radius 1 is 1.46 bits per heavy atom. The molecule has 1 aromatic rings. The van der Waals surface area contributed by atoms with Crippen molar-refractivity contribution in [3.63, 3.8) is 0 Å². The van der Waals surface area contributed by atoms with Gasteiger partial charge < -0.3 is 5.73 Å². The van der Waals surface area contributed by atoms with Crippen molar-refractivity contribution in [2.75, 3.05) is 0 Å². The van der Waals surface area contributed by atoms with Gasteiger partial charge in [0.2, 0.25) is 0 Å². The minimum absolute atomic E-state index is 0.127. The van der Waals surface area contributed by atoms with Crippen LogP contribution in [-0.4, -0.2) is 4.98 Å². The summed E-state index contributed by atoms with van der Waals surface area (Å²) < 4.78 is 25.9. The van der Waals surface area contributed by atoms with Gasteiger partial charge in [0.25, 0.3) is 0 Å². The second-order valence-electron chi connectivity index (χ2n) is 2.49. The molecule has 2 N–H and O–H groups in total. The molecule has 13 heavy (non-hydrogen) atoms. The van der Waals surface area contributed by atoms with Crippen LogP contribution in [0.3, 0.4) is 0 Å². The van der Waals surface area contributed by atoms with Gasteiger partial charge in [-0.2, -0.15) is 5.26 Å². The fraction of sp³-hybridized carbons (Fsp3) is 0.250. The average molecular weight is 183 g/mol. The van der Waals surface area contributed by atoms with Crippen molar-refractivity contribution in [3.05, 3.63) is 29.6 Å². The van der Waals surface area contributed by atoms with Gasteiger partial charge in [0, 0.05) is 11.6 Å². The summed E-state index contributed by atoms with van der Waals surface area (Å²) >= 11 is 0. The highest BCUT2D eigenvalue weighted by Gasteiger charge is 2.16. The zero-order valence-corrected chi connectivity index (χ0v) is 6.67. The molecule has 0 radical (unpaired) electrons. The lowest BCUT2D eigenvalue weighted by atomic mass is 10.1. The number of hydrogen-bond acceptors (Lipinski definition) is 3. The lowest BCUT2D eigenvalue weighted by Gasteiger charge is -2.08. The van der Waals surface area contributed by atoms with E-state index in [0.29, 0.717) is 0 Å². The Labute approximate surface area is 73.8 Å². The molecule has 0 saturated heterocycles. The summed E-state index contributed by atoms with van der Waals surface area (Å²) in [5.41, 5.74) is 5.10. The zero-order chi connectivity index (χ0) is 9.84. The molecular weight excluding hydrogens is 176 g/mol. The molecule has 0 saturated carbocycles. The molecule has 1 aromatic heterocycles. The van der Waals surface area contributed by atoms with Crippen molar-refractivity contribution in [2.45, 2.75) is 12.5 Å². The van der Waals surface area contributed by atoms with E-state index in [4.69, 9.17) is 11.0 Å². The van der Waals surface area contributed by atoms with Crippen LogP contribution in [0.1, 0.15) is 18.0 Å². The molecule has 68 valence electrons. The molecule has 0 fully saturated rings. The highest BCUT2D eigenvalue weighted by molar-refractivity contribution is 5.20. The van der Waals surface area contributed by atoms with Gasteiger partial charge in [0.05, 0.1) is 24.9 Å². The van der Waals surface area contributed by atoms with Gasteiger partial charge in [-0.25, -0.2) is 8.78 Å². The monoisotopic (exact) mass is 183 g/mol. The normalized spacial score (nSPS) is 12.2. The highest BCUT2D eigenvalue weighted by Crippen LogP contribution is 2.19. The van der Waals surface area contributed by atoms with Crippen LogP contribution in [-0.2, 0) is 0 Å². The largest absolute Gasteiger partial charge is 0.323 e. The third kappa shape index (κ3) is 1.98. The van der Waals surface area contributed by atoms with Crippen LogP contribution in [0.5, 0.6) is 0 Å². The quantitative estimate of drug-likeness (QED) is 0.751. The predicted molar refractivity (Wildman–Crippen MR) is 41.3 cm³/mol. The van der Waals surface area contributed by atoms with E-state index in [0.717, 1.165) is 12.4 Å². The van der Waals surface area contributed by atoms with Crippen LogP contribution < -0.4 is 5.73 Å². The molecule has 0 aliphatic heterocycles. The lowest BCUT2D eigenvalue weighted by molar-refractivity contribution is 0.520. The molecule has 0 aliphatic carbocycles. The minimum atomic E-state index is -0.937. The molecule has 1 unspecified atom stereocenters. The SMILES string of the molecule is N#CCC(N)c1c(F)cncc1F. The van der Waals surface area contributed by atoms with Crippen molar-refractivity contribution in [3.8, 4) is 6.07 Å². The molecule has 0 bridgehead atoms. The highest BCUT2D eigenvalue weighted by atomic mass is 19.1. The summed E-state index contributed by atoms with van der Waals surface area (Å²) in [6.07, 6.45) is 1.61. The fourth-order valence-electron chi connectivity index (χ4n) is 0.976. The van der Waals surface area contributed by atoms with Crippen LogP contribution in [0.2, 0.25) is 0 Å². The number of rotatable bonds is 2. The molecule has 3 nitrogen and oxygen atoms in total. The standard InChI is InChI=1S/C8H7F2N3/c9-5-3-13-4-6(10)8(5)7(12)1-2-11/h3-4,7H,1,12H2. The van der Waals surface area contributed by atoms with Gasteiger partial charge in [-0.15, -0.1) is 0 Å². The van der Waals surface area contributed by atoms with Gasteiger partial charge in [0.15, 0.2) is 0 Å². The average Bonchev–Trinajstić information content (AvgIpc) is 2.04. The third-order valence-corrected chi connectivity index (χ3v) is 1.57. The molecular formula is C8H7F2N3. The molecule has 0 aliphatic rings. The van der Waals surface area contributed by atoms with Gasteiger partial charge in [-0.3, -0.25) is 4.98 Å². The van der Waals surface area contributed by atoms with Gasteiger partial charge in [-0.05, 0) is 0 Å². The Morgan fingerprint density at radius 3 is 2.46 bits per heavy atom. The molecule has 0 spiro atoms. The Hall–Kier alpha value is -1.54. The molecule has 0 amide bonds. The van der Waals surface area contributed by atoms with Crippen molar-refractivity contribution < 1.29 is 8.78 Å². The second kappa shape index (κ2) is 3.92. The van der Waals surface area contributed by atoms with Gasteiger partial charge >= 0.3 is 0 Å². The summed E-state index contributed by atoms with van der Waals surface area (Å²) in [6.45, 7) is 0. The Bertz CT molecular complexity index is 325. The molecule has 1 heterocycles. The van der Waals surface area contributed by atoms with E-state index >= 15 is 0 Å². The van der Waals surface area contributed by atoms with Gasteiger partial charge in [0.1, 0.15) is 11.6 Å². The Balaban J connectivity index is 3.06. The van der Waals surface area contributed by atoms with E-state index in [1.54, 1.807) is 6.07 Å². The summed E-state index contributed by atoms with van der Waals surface area (Å²) in [7, 11) is 0. The van der Waals surface area contributed by atoms with Gasteiger partial charge in [-0.1, -0.05) is 0 Å². The number of aromatic nitrogens is 1. The number of nitrogens with zero attached hydrogens (tertiary/aromatic N) is 2. The lowest BCUT2D eigenvalue weighted by Crippen LogP contribution is -2.13. The third-order valence-electron chi connectivity index (χ3n) is 1.57. The number of hydrogen-bond donors (Lipinski definition) is 1. The smallest absolute Gasteiger partial charge is 0.149 e. The van der Waals surface area contributed by atoms with E-state index < -0.39 is 17.7 Å². The Morgan fingerprint density at radius 2 is 2.00 bits per heavy atom.